The number of benzene rings is 1. The molecule has 0 radical (unpaired) electrons. The summed E-state index contributed by atoms with van der Waals surface area (Å²) >= 11 is 0. The highest BCUT2D eigenvalue weighted by Crippen LogP contribution is 2.21. The predicted octanol–water partition coefficient (Wildman–Crippen LogP) is 2.72. The van der Waals surface area contributed by atoms with Crippen molar-refractivity contribution in [3.8, 4) is 0 Å². The Morgan fingerprint density at radius 2 is 1.89 bits per heavy atom. The number of hydrogen-bond donors (Lipinski definition) is 2. The second-order valence-electron chi connectivity index (χ2n) is 7.58. The highest BCUT2D eigenvalue weighted by molar-refractivity contribution is 5.97. The molecule has 2 heterocycles. The number of nitrogens with one attached hydrogen (secondary N) is 2. The minimum atomic E-state index is -0.284. The monoisotopic (exact) mass is 386 g/mol. The number of fused-ring (bicyclic) bond motifs is 1. The zero-order valence-corrected chi connectivity index (χ0v) is 16.4. The van der Waals surface area contributed by atoms with Crippen molar-refractivity contribution >= 4 is 11.8 Å². The van der Waals surface area contributed by atoms with E-state index in [0.29, 0.717) is 43.5 Å². The van der Waals surface area contributed by atoms with Gasteiger partial charge in [0.25, 0.3) is 11.8 Å². The van der Waals surface area contributed by atoms with E-state index < -0.39 is 0 Å². The second kappa shape index (κ2) is 8.99. The summed E-state index contributed by atoms with van der Waals surface area (Å²) in [6.45, 7) is 5.75. The quantitative estimate of drug-likeness (QED) is 0.768. The Morgan fingerprint density at radius 1 is 1.14 bits per heavy atom. The maximum absolute atomic E-state index is 13.0. The highest BCUT2D eigenvalue weighted by atomic mass is 19.1. The molecule has 2 aromatic rings. The van der Waals surface area contributed by atoms with Gasteiger partial charge in [-0.25, -0.2) is 9.37 Å². The molecule has 7 heteroatoms. The first-order valence-corrected chi connectivity index (χ1v) is 9.86. The van der Waals surface area contributed by atoms with Gasteiger partial charge < -0.3 is 15.2 Å². The standard InChI is InChI=1S/C21H27FN4O2/c1-14(2)13-24-20(27)18-17-5-3-4-12-26(17)19(25-18)21(28)23-11-10-15-6-8-16(22)9-7-15/h6-9,14H,3-5,10-13H2,1-2H3,(H,23,28)(H,24,27). The van der Waals surface area contributed by atoms with Gasteiger partial charge in [-0.3, -0.25) is 9.59 Å². The number of imidazole rings is 1. The van der Waals surface area contributed by atoms with Crippen LogP contribution in [0.3, 0.4) is 0 Å². The van der Waals surface area contributed by atoms with Gasteiger partial charge in [0.05, 0.1) is 5.69 Å². The number of amides is 2. The van der Waals surface area contributed by atoms with Gasteiger partial charge in [0.2, 0.25) is 0 Å². The summed E-state index contributed by atoms with van der Waals surface area (Å²) in [5.41, 5.74) is 2.15. The van der Waals surface area contributed by atoms with E-state index in [4.69, 9.17) is 0 Å². The Balaban J connectivity index is 1.69. The molecule has 2 N–H and O–H groups in total. The highest BCUT2D eigenvalue weighted by Gasteiger charge is 2.27. The van der Waals surface area contributed by atoms with E-state index in [1.54, 1.807) is 12.1 Å². The summed E-state index contributed by atoms with van der Waals surface area (Å²) < 4.78 is 14.8. The maximum atomic E-state index is 13.0. The summed E-state index contributed by atoms with van der Waals surface area (Å²) in [5, 5.41) is 5.76. The minimum absolute atomic E-state index is 0.218. The zero-order chi connectivity index (χ0) is 20.1. The van der Waals surface area contributed by atoms with Crippen LogP contribution in [0.25, 0.3) is 0 Å². The summed E-state index contributed by atoms with van der Waals surface area (Å²) in [6.07, 6.45) is 3.30. The predicted molar refractivity (Wildman–Crippen MR) is 105 cm³/mol. The molecule has 0 spiro atoms. The van der Waals surface area contributed by atoms with Gasteiger partial charge in [0.15, 0.2) is 5.82 Å². The minimum Gasteiger partial charge on any atom is -0.350 e. The van der Waals surface area contributed by atoms with Crippen LogP contribution in [0, 0.1) is 11.7 Å². The molecule has 28 heavy (non-hydrogen) atoms. The van der Waals surface area contributed by atoms with Gasteiger partial charge in [-0.1, -0.05) is 26.0 Å². The third kappa shape index (κ3) is 4.77. The van der Waals surface area contributed by atoms with Crippen molar-refractivity contribution in [3.05, 3.63) is 52.9 Å². The van der Waals surface area contributed by atoms with Gasteiger partial charge in [-0.05, 0) is 49.3 Å². The molecule has 0 unspecified atom stereocenters. The summed E-state index contributed by atoms with van der Waals surface area (Å²) in [7, 11) is 0. The van der Waals surface area contributed by atoms with Crippen molar-refractivity contribution in [3.63, 3.8) is 0 Å². The molecule has 2 amide bonds. The van der Waals surface area contributed by atoms with Gasteiger partial charge in [-0.2, -0.15) is 0 Å². The third-order valence-electron chi connectivity index (χ3n) is 4.82. The molecule has 0 saturated heterocycles. The molecule has 0 aliphatic carbocycles. The van der Waals surface area contributed by atoms with E-state index in [2.05, 4.69) is 15.6 Å². The fourth-order valence-corrected chi connectivity index (χ4v) is 3.33. The van der Waals surface area contributed by atoms with Crippen LogP contribution in [0.1, 0.15) is 59.1 Å². The van der Waals surface area contributed by atoms with Crippen molar-refractivity contribution < 1.29 is 14.0 Å². The largest absolute Gasteiger partial charge is 0.350 e. The molecular weight excluding hydrogens is 359 g/mol. The van der Waals surface area contributed by atoms with Crippen molar-refractivity contribution in [2.45, 2.75) is 46.1 Å². The lowest BCUT2D eigenvalue weighted by molar-refractivity contribution is 0.0938. The Morgan fingerprint density at radius 3 is 2.61 bits per heavy atom. The zero-order valence-electron chi connectivity index (χ0n) is 16.4. The maximum Gasteiger partial charge on any atom is 0.287 e. The van der Waals surface area contributed by atoms with Gasteiger partial charge in [0, 0.05) is 19.6 Å². The van der Waals surface area contributed by atoms with E-state index in [-0.39, 0.29) is 17.6 Å². The fraction of sp³-hybridized carbons (Fsp3) is 0.476. The SMILES string of the molecule is CC(C)CNC(=O)c1nc(C(=O)NCCc2ccc(F)cc2)n2c1CCCC2. The molecule has 0 saturated carbocycles. The van der Waals surface area contributed by atoms with Crippen LogP contribution in [-0.2, 0) is 19.4 Å². The van der Waals surface area contributed by atoms with Crippen LogP contribution in [0.2, 0.25) is 0 Å². The van der Waals surface area contributed by atoms with Crippen LogP contribution in [0.5, 0.6) is 0 Å². The summed E-state index contributed by atoms with van der Waals surface area (Å²) in [5.74, 6) is -0.141. The molecule has 0 bridgehead atoms. The first kappa shape index (κ1) is 20.0. The topological polar surface area (TPSA) is 76.0 Å². The molecule has 150 valence electrons. The summed E-state index contributed by atoms with van der Waals surface area (Å²) in [4.78, 5) is 29.6. The number of carbonyl (C=O) groups excluding carboxylic acids is 2. The Labute approximate surface area is 164 Å². The first-order chi connectivity index (χ1) is 13.5. The lowest BCUT2D eigenvalue weighted by Crippen LogP contribution is -2.29. The fourth-order valence-electron chi connectivity index (χ4n) is 3.33. The van der Waals surface area contributed by atoms with E-state index in [9.17, 15) is 14.0 Å². The first-order valence-electron chi connectivity index (χ1n) is 9.86. The van der Waals surface area contributed by atoms with Crippen molar-refractivity contribution in [2.24, 2.45) is 5.92 Å². The molecule has 1 aromatic heterocycles. The Hall–Kier alpha value is -2.70. The van der Waals surface area contributed by atoms with Gasteiger partial charge >= 0.3 is 0 Å². The van der Waals surface area contributed by atoms with Gasteiger partial charge in [-0.15, -0.1) is 0 Å². The lowest BCUT2D eigenvalue weighted by Gasteiger charge is -2.17. The van der Waals surface area contributed by atoms with Crippen LogP contribution < -0.4 is 10.6 Å². The normalized spacial score (nSPS) is 13.3. The van der Waals surface area contributed by atoms with Crippen molar-refractivity contribution in [1.29, 1.82) is 0 Å². The number of rotatable bonds is 7. The van der Waals surface area contributed by atoms with E-state index in [1.807, 2.05) is 18.4 Å². The number of carbonyl (C=O) groups is 2. The average molecular weight is 386 g/mol. The molecule has 3 rings (SSSR count). The smallest absolute Gasteiger partial charge is 0.287 e. The number of halogens is 1. The van der Waals surface area contributed by atoms with Crippen molar-refractivity contribution in [1.82, 2.24) is 20.2 Å². The van der Waals surface area contributed by atoms with Crippen LogP contribution in [-0.4, -0.2) is 34.5 Å². The molecule has 1 aliphatic rings. The summed E-state index contributed by atoms with van der Waals surface area (Å²) in [6, 6.07) is 6.22. The average Bonchev–Trinajstić information content (AvgIpc) is 3.07. The molecular formula is C21H27FN4O2. The number of hydrogen-bond acceptors (Lipinski definition) is 3. The molecule has 0 atom stereocenters. The molecule has 0 fully saturated rings. The Bertz CT molecular complexity index is 843. The van der Waals surface area contributed by atoms with Crippen LogP contribution >= 0.6 is 0 Å². The van der Waals surface area contributed by atoms with Crippen LogP contribution in [0.15, 0.2) is 24.3 Å². The van der Waals surface area contributed by atoms with E-state index in [1.165, 1.54) is 12.1 Å². The molecule has 6 nitrogen and oxygen atoms in total. The third-order valence-corrected chi connectivity index (χ3v) is 4.82. The number of aromatic nitrogens is 2. The number of nitrogens with zero attached hydrogens (tertiary/aromatic N) is 2. The molecule has 1 aliphatic heterocycles. The Kier molecular flexibility index (Phi) is 6.44. The van der Waals surface area contributed by atoms with Crippen molar-refractivity contribution in [2.75, 3.05) is 13.1 Å². The van der Waals surface area contributed by atoms with E-state index >= 15 is 0 Å². The van der Waals surface area contributed by atoms with Crippen LogP contribution in [0.4, 0.5) is 4.39 Å². The lowest BCUT2D eigenvalue weighted by atomic mass is 10.1. The molecule has 1 aromatic carbocycles. The van der Waals surface area contributed by atoms with Gasteiger partial charge in [0.1, 0.15) is 11.5 Å². The second-order valence-corrected chi connectivity index (χ2v) is 7.58. The van der Waals surface area contributed by atoms with E-state index in [0.717, 1.165) is 30.5 Å².